The third-order valence-corrected chi connectivity index (χ3v) is 3.72. The third kappa shape index (κ3) is 2.75. The molecule has 0 radical (unpaired) electrons. The molecule has 0 spiro atoms. The number of rotatable bonds is 3. The minimum atomic E-state index is -0.223. The standard InChI is InChI=1S/C16H18ClNO/c1-10-5-4-6-11(2)15(10)16(18)13-8-7-12(19-3)9-14(13)17/h4-9,16H,18H2,1-3H3. The van der Waals surface area contributed by atoms with Crippen LogP contribution in [0.1, 0.15) is 28.3 Å². The van der Waals surface area contributed by atoms with Crippen LogP contribution in [0.15, 0.2) is 36.4 Å². The molecular formula is C16H18ClNO. The van der Waals surface area contributed by atoms with Crippen molar-refractivity contribution in [3.63, 3.8) is 0 Å². The smallest absolute Gasteiger partial charge is 0.120 e. The summed E-state index contributed by atoms with van der Waals surface area (Å²) in [6, 6.07) is 11.6. The van der Waals surface area contributed by atoms with Gasteiger partial charge in [0.2, 0.25) is 0 Å². The van der Waals surface area contributed by atoms with Gasteiger partial charge >= 0.3 is 0 Å². The third-order valence-electron chi connectivity index (χ3n) is 3.40. The Morgan fingerprint density at radius 1 is 1.11 bits per heavy atom. The van der Waals surface area contributed by atoms with E-state index < -0.39 is 0 Å². The van der Waals surface area contributed by atoms with E-state index in [0.29, 0.717) is 5.02 Å². The molecule has 2 aromatic carbocycles. The van der Waals surface area contributed by atoms with Crippen LogP contribution in [0, 0.1) is 13.8 Å². The number of hydrogen-bond acceptors (Lipinski definition) is 2. The number of halogens is 1. The predicted octanol–water partition coefficient (Wildman–Crippen LogP) is 4.01. The molecule has 1 atom stereocenters. The highest BCUT2D eigenvalue weighted by Crippen LogP contribution is 2.32. The molecule has 2 N–H and O–H groups in total. The maximum Gasteiger partial charge on any atom is 0.120 e. The number of hydrogen-bond donors (Lipinski definition) is 1. The molecule has 0 aromatic heterocycles. The summed E-state index contributed by atoms with van der Waals surface area (Å²) < 4.78 is 5.16. The van der Waals surface area contributed by atoms with Crippen LogP contribution in [-0.4, -0.2) is 7.11 Å². The molecule has 1 unspecified atom stereocenters. The van der Waals surface area contributed by atoms with E-state index >= 15 is 0 Å². The van der Waals surface area contributed by atoms with Gasteiger partial charge in [-0.2, -0.15) is 0 Å². The van der Waals surface area contributed by atoms with Crippen LogP contribution in [0.25, 0.3) is 0 Å². The van der Waals surface area contributed by atoms with Gasteiger partial charge in [-0.15, -0.1) is 0 Å². The van der Waals surface area contributed by atoms with Gasteiger partial charge in [-0.3, -0.25) is 0 Å². The second-order valence-corrected chi connectivity index (χ2v) is 5.08. The van der Waals surface area contributed by atoms with Crippen LogP contribution < -0.4 is 10.5 Å². The van der Waals surface area contributed by atoms with Gasteiger partial charge in [0.05, 0.1) is 13.2 Å². The summed E-state index contributed by atoms with van der Waals surface area (Å²) in [5, 5.41) is 0.634. The molecule has 0 bridgehead atoms. The fraction of sp³-hybridized carbons (Fsp3) is 0.250. The monoisotopic (exact) mass is 275 g/mol. The number of ether oxygens (including phenoxy) is 1. The summed E-state index contributed by atoms with van der Waals surface area (Å²) >= 11 is 6.30. The zero-order valence-electron chi connectivity index (χ0n) is 11.4. The largest absolute Gasteiger partial charge is 0.497 e. The van der Waals surface area contributed by atoms with Crippen LogP contribution in [-0.2, 0) is 0 Å². The summed E-state index contributed by atoms with van der Waals surface area (Å²) in [7, 11) is 1.62. The SMILES string of the molecule is COc1ccc(C(N)c2c(C)cccc2C)c(Cl)c1. The molecule has 100 valence electrons. The lowest BCUT2D eigenvalue weighted by Crippen LogP contribution is -2.15. The van der Waals surface area contributed by atoms with Gasteiger partial charge < -0.3 is 10.5 Å². The highest BCUT2D eigenvalue weighted by molar-refractivity contribution is 6.31. The first-order chi connectivity index (χ1) is 9.04. The average Bonchev–Trinajstić information content (AvgIpc) is 2.38. The van der Waals surface area contributed by atoms with Crippen LogP contribution in [0.3, 0.4) is 0 Å². The van der Waals surface area contributed by atoms with E-state index in [9.17, 15) is 0 Å². The molecule has 0 saturated carbocycles. The first-order valence-electron chi connectivity index (χ1n) is 6.19. The number of benzene rings is 2. The van der Waals surface area contributed by atoms with Gasteiger partial charge in [-0.25, -0.2) is 0 Å². The molecule has 3 heteroatoms. The van der Waals surface area contributed by atoms with Gasteiger partial charge in [0.15, 0.2) is 0 Å². The summed E-state index contributed by atoms with van der Waals surface area (Å²) in [4.78, 5) is 0. The molecule has 0 fully saturated rings. The maximum absolute atomic E-state index is 6.39. The van der Waals surface area contributed by atoms with E-state index in [-0.39, 0.29) is 6.04 Å². The highest BCUT2D eigenvalue weighted by Gasteiger charge is 2.16. The minimum absolute atomic E-state index is 0.223. The maximum atomic E-state index is 6.39. The highest BCUT2D eigenvalue weighted by atomic mass is 35.5. The van der Waals surface area contributed by atoms with E-state index in [1.54, 1.807) is 13.2 Å². The summed E-state index contributed by atoms with van der Waals surface area (Å²) in [6.45, 7) is 4.14. The van der Waals surface area contributed by atoms with Crippen LogP contribution in [0.4, 0.5) is 0 Å². The lowest BCUT2D eigenvalue weighted by atomic mass is 9.92. The van der Waals surface area contributed by atoms with E-state index in [4.69, 9.17) is 22.1 Å². The molecular weight excluding hydrogens is 258 g/mol. The Balaban J connectivity index is 2.47. The molecule has 2 aromatic rings. The van der Waals surface area contributed by atoms with Gasteiger partial charge in [0, 0.05) is 5.02 Å². The van der Waals surface area contributed by atoms with Gasteiger partial charge in [0.1, 0.15) is 5.75 Å². The lowest BCUT2D eigenvalue weighted by molar-refractivity contribution is 0.414. The lowest BCUT2D eigenvalue weighted by Gasteiger charge is -2.19. The molecule has 19 heavy (non-hydrogen) atoms. The van der Waals surface area contributed by atoms with Crippen molar-refractivity contribution < 1.29 is 4.74 Å². The molecule has 0 heterocycles. The second kappa shape index (κ2) is 5.64. The van der Waals surface area contributed by atoms with Crippen LogP contribution in [0.5, 0.6) is 5.75 Å². The molecule has 0 aliphatic heterocycles. The predicted molar refractivity (Wildman–Crippen MR) is 80.0 cm³/mol. The Bertz CT molecular complexity index is 575. The molecule has 0 saturated heterocycles. The Morgan fingerprint density at radius 2 is 1.74 bits per heavy atom. The van der Waals surface area contributed by atoms with E-state index in [0.717, 1.165) is 16.9 Å². The van der Waals surface area contributed by atoms with Crippen molar-refractivity contribution in [1.82, 2.24) is 0 Å². The van der Waals surface area contributed by atoms with E-state index in [1.807, 2.05) is 18.2 Å². The average molecular weight is 276 g/mol. The van der Waals surface area contributed by atoms with E-state index in [2.05, 4.69) is 26.0 Å². The second-order valence-electron chi connectivity index (χ2n) is 4.67. The zero-order valence-corrected chi connectivity index (χ0v) is 12.2. The quantitative estimate of drug-likeness (QED) is 0.918. The first-order valence-corrected chi connectivity index (χ1v) is 6.57. The Kier molecular flexibility index (Phi) is 4.13. The van der Waals surface area contributed by atoms with E-state index in [1.165, 1.54) is 11.1 Å². The number of aryl methyl sites for hydroxylation is 2. The number of nitrogens with two attached hydrogens (primary N) is 1. The molecule has 0 amide bonds. The van der Waals surface area contributed by atoms with Crippen molar-refractivity contribution in [1.29, 1.82) is 0 Å². The van der Waals surface area contributed by atoms with Crippen molar-refractivity contribution >= 4 is 11.6 Å². The molecule has 0 aliphatic carbocycles. The van der Waals surface area contributed by atoms with Crippen LogP contribution in [0.2, 0.25) is 5.02 Å². The summed E-state index contributed by atoms with van der Waals surface area (Å²) in [5.74, 6) is 0.738. The van der Waals surface area contributed by atoms with Gasteiger partial charge in [0.25, 0.3) is 0 Å². The molecule has 2 rings (SSSR count). The summed E-state index contributed by atoms with van der Waals surface area (Å²) in [5.41, 5.74) is 10.8. The Morgan fingerprint density at radius 3 is 2.26 bits per heavy atom. The van der Waals surface area contributed by atoms with Crippen molar-refractivity contribution in [2.24, 2.45) is 5.73 Å². The first kappa shape index (κ1) is 13.9. The number of methoxy groups -OCH3 is 1. The van der Waals surface area contributed by atoms with Crippen molar-refractivity contribution in [3.05, 3.63) is 63.7 Å². The van der Waals surface area contributed by atoms with Crippen molar-refractivity contribution in [2.75, 3.05) is 7.11 Å². The van der Waals surface area contributed by atoms with Crippen molar-refractivity contribution in [3.8, 4) is 5.75 Å². The normalized spacial score (nSPS) is 12.3. The minimum Gasteiger partial charge on any atom is -0.497 e. The Labute approximate surface area is 119 Å². The van der Waals surface area contributed by atoms with Gasteiger partial charge in [-0.05, 0) is 48.2 Å². The molecule has 2 nitrogen and oxygen atoms in total. The summed E-state index contributed by atoms with van der Waals surface area (Å²) in [6.07, 6.45) is 0. The van der Waals surface area contributed by atoms with Crippen molar-refractivity contribution in [2.45, 2.75) is 19.9 Å². The zero-order chi connectivity index (χ0) is 14.0. The fourth-order valence-electron chi connectivity index (χ4n) is 2.36. The Hall–Kier alpha value is -1.51. The topological polar surface area (TPSA) is 35.2 Å². The van der Waals surface area contributed by atoms with Crippen LogP contribution >= 0.6 is 11.6 Å². The fourth-order valence-corrected chi connectivity index (χ4v) is 2.65. The molecule has 0 aliphatic rings. The van der Waals surface area contributed by atoms with Gasteiger partial charge in [-0.1, -0.05) is 35.9 Å².